The molecule has 0 amide bonds. The molecule has 0 spiro atoms. The summed E-state index contributed by atoms with van der Waals surface area (Å²) in [6, 6.07) is 4.67. The molecule has 1 aromatic heterocycles. The van der Waals surface area contributed by atoms with E-state index < -0.39 is 0 Å². The zero-order chi connectivity index (χ0) is 13.5. The van der Waals surface area contributed by atoms with Crippen LogP contribution in [0.3, 0.4) is 0 Å². The molecule has 1 aliphatic carbocycles. The van der Waals surface area contributed by atoms with Crippen molar-refractivity contribution in [3.8, 4) is 0 Å². The Morgan fingerprint density at radius 1 is 1.37 bits per heavy atom. The highest BCUT2D eigenvalue weighted by atomic mass is 32.1. The fourth-order valence-corrected chi connectivity index (χ4v) is 2.84. The zero-order valence-corrected chi connectivity index (χ0v) is 12.4. The summed E-state index contributed by atoms with van der Waals surface area (Å²) in [7, 11) is 0. The van der Waals surface area contributed by atoms with E-state index in [1.54, 1.807) is 0 Å². The third kappa shape index (κ3) is 4.46. The van der Waals surface area contributed by atoms with Crippen LogP contribution in [0.5, 0.6) is 0 Å². The summed E-state index contributed by atoms with van der Waals surface area (Å²) in [6.07, 6.45) is 9.34. The maximum absolute atomic E-state index is 5.36. The molecule has 1 heterocycles. The Hall–Kier alpha value is -1.16. The predicted molar refractivity (Wildman–Crippen MR) is 83.1 cm³/mol. The van der Waals surface area contributed by atoms with Gasteiger partial charge in [0.1, 0.15) is 0 Å². The van der Waals surface area contributed by atoms with Crippen LogP contribution in [0.4, 0.5) is 0 Å². The van der Waals surface area contributed by atoms with Crippen LogP contribution in [0.2, 0.25) is 0 Å². The Balaban J connectivity index is 1.79. The summed E-state index contributed by atoms with van der Waals surface area (Å²) in [6.45, 7) is 2.86. The van der Waals surface area contributed by atoms with Gasteiger partial charge in [0.15, 0.2) is 5.11 Å². The van der Waals surface area contributed by atoms with Crippen molar-refractivity contribution in [1.82, 2.24) is 15.6 Å². The minimum atomic E-state index is 0.558. The van der Waals surface area contributed by atoms with Gasteiger partial charge >= 0.3 is 0 Å². The number of thiocarbonyl (C=S) groups is 1. The fraction of sp³-hybridized carbons (Fsp3) is 0.600. The highest BCUT2D eigenvalue weighted by molar-refractivity contribution is 7.80. The number of hydrogen-bond acceptors (Lipinski definition) is 2. The molecule has 0 radical (unpaired) electrons. The molecule has 4 heteroatoms. The Kier molecular flexibility index (Phi) is 5.58. The van der Waals surface area contributed by atoms with E-state index in [0.29, 0.717) is 12.6 Å². The monoisotopic (exact) mass is 277 g/mol. The van der Waals surface area contributed by atoms with Crippen LogP contribution in [0.15, 0.2) is 18.3 Å². The first-order valence-corrected chi connectivity index (χ1v) is 7.67. The fourth-order valence-electron chi connectivity index (χ4n) is 2.60. The predicted octanol–water partition coefficient (Wildman–Crippen LogP) is 2.94. The number of aromatic nitrogens is 1. The molecule has 0 aliphatic heterocycles. The molecule has 0 atom stereocenters. The summed E-state index contributed by atoms with van der Waals surface area (Å²) >= 11 is 5.36. The molecular weight excluding hydrogens is 254 g/mol. The summed E-state index contributed by atoms with van der Waals surface area (Å²) in [5, 5.41) is 7.46. The molecule has 104 valence electrons. The molecule has 0 bridgehead atoms. The van der Waals surface area contributed by atoms with Gasteiger partial charge in [0.2, 0.25) is 0 Å². The largest absolute Gasteiger partial charge is 0.360 e. The quantitative estimate of drug-likeness (QED) is 0.830. The van der Waals surface area contributed by atoms with Crippen LogP contribution in [0.25, 0.3) is 0 Å². The lowest BCUT2D eigenvalue weighted by Crippen LogP contribution is -2.42. The topological polar surface area (TPSA) is 37.0 Å². The lowest BCUT2D eigenvalue weighted by atomic mass is 9.96. The summed E-state index contributed by atoms with van der Waals surface area (Å²) in [5.74, 6) is 0. The second-order valence-electron chi connectivity index (χ2n) is 5.12. The van der Waals surface area contributed by atoms with Crippen molar-refractivity contribution in [2.45, 2.75) is 58.0 Å². The van der Waals surface area contributed by atoms with E-state index in [4.69, 9.17) is 12.2 Å². The van der Waals surface area contributed by atoms with Crippen LogP contribution in [0, 0.1) is 0 Å². The molecule has 0 aromatic carbocycles. The smallest absolute Gasteiger partial charge is 0.166 e. The Morgan fingerprint density at radius 3 is 2.89 bits per heavy atom. The molecule has 3 nitrogen and oxygen atoms in total. The SMILES string of the molecule is CCc1cccnc1CNC(=S)NC1CCCCC1. The highest BCUT2D eigenvalue weighted by Gasteiger charge is 2.13. The van der Waals surface area contributed by atoms with Crippen molar-refractivity contribution in [3.63, 3.8) is 0 Å². The van der Waals surface area contributed by atoms with Gasteiger partial charge in [-0.2, -0.15) is 0 Å². The molecule has 1 aliphatic rings. The Bertz CT molecular complexity index is 414. The van der Waals surface area contributed by atoms with Gasteiger partial charge in [0.25, 0.3) is 0 Å². The molecular formula is C15H23N3S. The van der Waals surface area contributed by atoms with Gasteiger partial charge in [0, 0.05) is 12.2 Å². The number of nitrogens with one attached hydrogen (secondary N) is 2. The summed E-state index contributed by atoms with van der Waals surface area (Å²) in [4.78, 5) is 4.42. The van der Waals surface area contributed by atoms with E-state index >= 15 is 0 Å². The van der Waals surface area contributed by atoms with Crippen LogP contribution in [0.1, 0.15) is 50.3 Å². The van der Waals surface area contributed by atoms with Crippen LogP contribution >= 0.6 is 12.2 Å². The van der Waals surface area contributed by atoms with Gasteiger partial charge in [0.05, 0.1) is 12.2 Å². The number of nitrogens with zero attached hydrogens (tertiary/aromatic N) is 1. The average Bonchev–Trinajstić information content (AvgIpc) is 2.46. The van der Waals surface area contributed by atoms with E-state index in [1.807, 2.05) is 12.3 Å². The first-order valence-electron chi connectivity index (χ1n) is 7.26. The number of rotatable bonds is 4. The molecule has 0 unspecified atom stereocenters. The normalized spacial score (nSPS) is 16.1. The van der Waals surface area contributed by atoms with E-state index in [-0.39, 0.29) is 0 Å². The minimum Gasteiger partial charge on any atom is -0.360 e. The van der Waals surface area contributed by atoms with Gasteiger partial charge in [-0.3, -0.25) is 4.98 Å². The number of pyridine rings is 1. The second kappa shape index (κ2) is 7.43. The molecule has 0 saturated heterocycles. The summed E-state index contributed by atoms with van der Waals surface area (Å²) in [5.41, 5.74) is 2.38. The molecule has 2 rings (SSSR count). The molecule has 1 fully saturated rings. The first-order chi connectivity index (χ1) is 9.29. The number of aryl methyl sites for hydroxylation is 1. The van der Waals surface area contributed by atoms with E-state index in [2.05, 4.69) is 28.6 Å². The van der Waals surface area contributed by atoms with E-state index in [0.717, 1.165) is 17.2 Å². The van der Waals surface area contributed by atoms with Crippen molar-refractivity contribution in [2.24, 2.45) is 0 Å². The van der Waals surface area contributed by atoms with Gasteiger partial charge in [-0.25, -0.2) is 0 Å². The van der Waals surface area contributed by atoms with Crippen molar-refractivity contribution < 1.29 is 0 Å². The lowest BCUT2D eigenvalue weighted by molar-refractivity contribution is 0.412. The first kappa shape index (κ1) is 14.3. The third-order valence-corrected chi connectivity index (χ3v) is 3.98. The standard InChI is InChI=1S/C15H23N3S/c1-2-12-7-6-10-16-14(12)11-17-15(19)18-13-8-4-3-5-9-13/h6-7,10,13H,2-5,8-9,11H2,1H3,(H2,17,18,19). The maximum atomic E-state index is 5.36. The molecule has 1 aromatic rings. The Morgan fingerprint density at radius 2 is 2.16 bits per heavy atom. The van der Waals surface area contributed by atoms with Crippen molar-refractivity contribution in [1.29, 1.82) is 0 Å². The van der Waals surface area contributed by atoms with Crippen LogP contribution in [-0.2, 0) is 13.0 Å². The molecule has 1 saturated carbocycles. The van der Waals surface area contributed by atoms with Crippen LogP contribution < -0.4 is 10.6 Å². The van der Waals surface area contributed by atoms with Gasteiger partial charge in [-0.1, -0.05) is 32.3 Å². The molecule has 19 heavy (non-hydrogen) atoms. The molecule has 2 N–H and O–H groups in total. The van der Waals surface area contributed by atoms with Gasteiger partial charge < -0.3 is 10.6 Å². The van der Waals surface area contributed by atoms with E-state index in [1.165, 1.54) is 37.7 Å². The lowest BCUT2D eigenvalue weighted by Gasteiger charge is -2.24. The van der Waals surface area contributed by atoms with Crippen LogP contribution in [-0.4, -0.2) is 16.1 Å². The van der Waals surface area contributed by atoms with Gasteiger partial charge in [-0.05, 0) is 43.1 Å². The Labute approximate surface area is 121 Å². The van der Waals surface area contributed by atoms with Crippen molar-refractivity contribution in [2.75, 3.05) is 0 Å². The third-order valence-electron chi connectivity index (χ3n) is 3.72. The number of hydrogen-bond donors (Lipinski definition) is 2. The zero-order valence-electron chi connectivity index (χ0n) is 11.6. The maximum Gasteiger partial charge on any atom is 0.166 e. The summed E-state index contributed by atoms with van der Waals surface area (Å²) < 4.78 is 0. The highest BCUT2D eigenvalue weighted by Crippen LogP contribution is 2.17. The van der Waals surface area contributed by atoms with Crippen molar-refractivity contribution in [3.05, 3.63) is 29.6 Å². The van der Waals surface area contributed by atoms with E-state index in [9.17, 15) is 0 Å². The average molecular weight is 277 g/mol. The van der Waals surface area contributed by atoms with Gasteiger partial charge in [-0.15, -0.1) is 0 Å². The second-order valence-corrected chi connectivity index (χ2v) is 5.53. The van der Waals surface area contributed by atoms with Crippen molar-refractivity contribution >= 4 is 17.3 Å². The minimum absolute atomic E-state index is 0.558.